The molecule has 348 valence electrons. The molecule has 0 radical (unpaired) electrons. The lowest BCUT2D eigenvalue weighted by Gasteiger charge is -2.23. The van der Waals surface area contributed by atoms with Gasteiger partial charge in [-0.1, -0.05) is 59.7 Å². The van der Waals surface area contributed by atoms with Crippen LogP contribution < -0.4 is 31.9 Å². The first-order valence-corrected chi connectivity index (χ1v) is 22.7. The van der Waals surface area contributed by atoms with Gasteiger partial charge in [0, 0.05) is 65.2 Å². The molecule has 68 heavy (non-hydrogen) atoms. The lowest BCUT2D eigenvalue weighted by atomic mass is 10.1. The molecule has 0 atom stereocenters. The Morgan fingerprint density at radius 1 is 0.618 bits per heavy atom. The van der Waals surface area contributed by atoms with E-state index >= 15 is 0 Å². The monoisotopic (exact) mass is 912 g/mol. The molecule has 0 bridgehead atoms. The van der Waals surface area contributed by atoms with Crippen molar-refractivity contribution in [2.24, 2.45) is 0 Å². The quantitative estimate of drug-likeness (QED) is 0.0643. The van der Waals surface area contributed by atoms with Gasteiger partial charge in [-0.05, 0) is 144 Å². The first-order chi connectivity index (χ1) is 32.8. The van der Waals surface area contributed by atoms with Gasteiger partial charge in [0.2, 0.25) is 11.9 Å². The first kappa shape index (κ1) is 46.4. The zero-order valence-electron chi connectivity index (χ0n) is 38.8. The van der Waals surface area contributed by atoms with E-state index in [-0.39, 0.29) is 30.9 Å². The summed E-state index contributed by atoms with van der Waals surface area (Å²) in [6.07, 6.45) is 5.17. The van der Waals surface area contributed by atoms with Crippen molar-refractivity contribution in [3.8, 4) is 22.3 Å². The molecule has 4 aromatic carbocycles. The summed E-state index contributed by atoms with van der Waals surface area (Å²) in [6, 6.07) is 39.3. The highest BCUT2D eigenvalue weighted by Crippen LogP contribution is 2.27. The topological polar surface area (TPSA) is 193 Å². The summed E-state index contributed by atoms with van der Waals surface area (Å²) in [5.74, 6) is 0.703. The number of hydrogen-bond acceptors (Lipinski definition) is 11. The van der Waals surface area contributed by atoms with E-state index in [4.69, 9.17) is 9.72 Å². The first-order valence-electron chi connectivity index (χ1n) is 22.7. The zero-order chi connectivity index (χ0) is 47.6. The van der Waals surface area contributed by atoms with Crippen molar-refractivity contribution in [3.63, 3.8) is 0 Å². The van der Waals surface area contributed by atoms with Gasteiger partial charge in [0.15, 0.2) is 11.3 Å². The van der Waals surface area contributed by atoms with E-state index in [0.29, 0.717) is 23.0 Å². The van der Waals surface area contributed by atoms with Crippen LogP contribution in [0.4, 0.5) is 28.1 Å². The van der Waals surface area contributed by atoms with Crippen LogP contribution in [0.25, 0.3) is 33.5 Å². The molecule has 8 aromatic rings. The maximum Gasteiger partial charge on any atom is 0.407 e. The largest absolute Gasteiger partial charge is 0.444 e. The summed E-state index contributed by atoms with van der Waals surface area (Å²) in [5, 5.41) is 27.3. The number of carbonyl (C=O) groups is 3. The molecule has 0 saturated carbocycles. The smallest absolute Gasteiger partial charge is 0.407 e. The fourth-order valence-corrected chi connectivity index (χ4v) is 7.50. The summed E-state index contributed by atoms with van der Waals surface area (Å²) in [4.78, 5) is 45.9. The standard InChI is InChI=1S/C27H30N6O3.C25H26N6O/c1-18-7-9-19(10-8-18)22-6-5-17-33-23(22)31-25(32-33)30-21-13-11-20(12-14-21)24(34)28-15-16-29-26(35)36-27(2,3)4;1-17-4-6-18(7-5-17)22-3-2-16-31-23(22)29-25(30-31)28-20-10-8-19(9-11-20)24(32)27-21-12-14-26-15-13-21/h5-14,17H,15-16H2,1-4H3,(H,28,34)(H,29,35)(H,30,32);2-11,16,21,26H,12-15H2,1H3,(H,27,32)(H,28,30). The van der Waals surface area contributed by atoms with Gasteiger partial charge >= 0.3 is 6.09 Å². The van der Waals surface area contributed by atoms with E-state index in [0.717, 1.165) is 70.9 Å². The van der Waals surface area contributed by atoms with Crippen molar-refractivity contribution < 1.29 is 19.1 Å². The molecule has 4 aromatic heterocycles. The van der Waals surface area contributed by atoms with Crippen LogP contribution in [-0.2, 0) is 4.74 Å². The fourth-order valence-electron chi connectivity index (χ4n) is 7.50. The molecule has 16 heteroatoms. The highest BCUT2D eigenvalue weighted by Gasteiger charge is 2.18. The Morgan fingerprint density at radius 3 is 1.54 bits per heavy atom. The van der Waals surface area contributed by atoms with Crippen LogP contribution in [-0.4, -0.2) is 84.9 Å². The number of ether oxygens (including phenoxy) is 1. The third-order valence-electron chi connectivity index (χ3n) is 11.0. The van der Waals surface area contributed by atoms with Crippen LogP contribution in [0.15, 0.2) is 134 Å². The Kier molecular flexibility index (Phi) is 14.4. The third kappa shape index (κ3) is 12.2. The van der Waals surface area contributed by atoms with Crippen LogP contribution in [0.2, 0.25) is 0 Å². The number of aryl methyl sites for hydroxylation is 2. The Hall–Kier alpha value is -8.11. The third-order valence-corrected chi connectivity index (χ3v) is 11.0. The molecule has 6 N–H and O–H groups in total. The number of fused-ring (bicyclic) bond motifs is 2. The minimum atomic E-state index is -0.564. The molecule has 1 fully saturated rings. The van der Waals surface area contributed by atoms with Crippen LogP contribution in [0.3, 0.4) is 0 Å². The lowest BCUT2D eigenvalue weighted by Crippen LogP contribution is -2.42. The molecule has 16 nitrogen and oxygen atoms in total. The van der Waals surface area contributed by atoms with Gasteiger partial charge in [0.25, 0.3) is 11.8 Å². The van der Waals surface area contributed by atoms with E-state index < -0.39 is 11.7 Å². The van der Waals surface area contributed by atoms with Gasteiger partial charge < -0.3 is 36.6 Å². The van der Waals surface area contributed by atoms with Crippen molar-refractivity contribution in [1.29, 1.82) is 0 Å². The molecule has 3 amide bonds. The number of anilines is 4. The van der Waals surface area contributed by atoms with E-state index in [2.05, 4.69) is 109 Å². The van der Waals surface area contributed by atoms with Crippen molar-refractivity contribution in [2.45, 2.75) is 59.1 Å². The van der Waals surface area contributed by atoms with Gasteiger partial charge in [-0.3, -0.25) is 9.59 Å². The highest BCUT2D eigenvalue weighted by atomic mass is 16.6. The van der Waals surface area contributed by atoms with Crippen LogP contribution in [0, 0.1) is 13.8 Å². The Balaban J connectivity index is 0.000000185. The highest BCUT2D eigenvalue weighted by molar-refractivity contribution is 5.95. The summed E-state index contributed by atoms with van der Waals surface area (Å²) < 4.78 is 8.68. The van der Waals surface area contributed by atoms with E-state index in [1.807, 2.05) is 60.9 Å². The van der Waals surface area contributed by atoms with Gasteiger partial charge in [-0.25, -0.2) is 13.8 Å². The SMILES string of the molecule is Cc1ccc(-c2cccn3nc(Nc4ccc(C(=O)NC5CCNCC5)cc4)nc23)cc1.Cc1ccc(-c2cccn3nc(Nc4ccc(C(=O)NCCNC(=O)OC(C)(C)C)cc4)nc23)cc1. The Labute approximate surface area is 395 Å². The number of benzene rings is 4. The van der Waals surface area contributed by atoms with Gasteiger partial charge in [-0.2, -0.15) is 9.97 Å². The minimum absolute atomic E-state index is 0.0305. The maximum atomic E-state index is 12.5. The second-order valence-corrected chi connectivity index (χ2v) is 17.6. The summed E-state index contributed by atoms with van der Waals surface area (Å²) in [6.45, 7) is 12.0. The van der Waals surface area contributed by atoms with Crippen molar-refractivity contribution in [3.05, 3.63) is 156 Å². The number of aromatic nitrogens is 6. The number of alkyl carbamates (subject to hydrolysis) is 1. The molecule has 0 spiro atoms. The van der Waals surface area contributed by atoms with E-state index in [1.54, 1.807) is 54.1 Å². The number of rotatable bonds is 12. The van der Waals surface area contributed by atoms with Crippen LogP contribution in [0.5, 0.6) is 0 Å². The summed E-state index contributed by atoms with van der Waals surface area (Å²) >= 11 is 0. The molecule has 1 aliphatic rings. The second kappa shape index (κ2) is 21.0. The number of piperidine rings is 1. The molecule has 0 aliphatic carbocycles. The van der Waals surface area contributed by atoms with E-state index in [9.17, 15) is 14.4 Å². The number of nitrogens with one attached hydrogen (secondary N) is 6. The maximum absolute atomic E-state index is 12.5. The molecule has 5 heterocycles. The molecule has 1 aliphatic heterocycles. The number of hydrogen-bond donors (Lipinski definition) is 6. The number of carbonyl (C=O) groups excluding carboxylic acids is 3. The summed E-state index contributed by atoms with van der Waals surface area (Å²) in [5.41, 5.74) is 10.3. The normalized spacial score (nSPS) is 12.7. The minimum Gasteiger partial charge on any atom is -0.444 e. The summed E-state index contributed by atoms with van der Waals surface area (Å²) in [7, 11) is 0. The van der Waals surface area contributed by atoms with Gasteiger partial charge in [0.1, 0.15) is 5.60 Å². The Morgan fingerprint density at radius 2 is 1.07 bits per heavy atom. The van der Waals surface area contributed by atoms with Gasteiger partial charge in [0.05, 0.1) is 0 Å². The predicted octanol–water partition coefficient (Wildman–Crippen LogP) is 8.63. The zero-order valence-corrected chi connectivity index (χ0v) is 38.8. The Bertz CT molecular complexity index is 2990. The average molecular weight is 913 g/mol. The number of amides is 3. The fraction of sp³-hybridized carbons (Fsp3) is 0.250. The van der Waals surface area contributed by atoms with Crippen LogP contribution in [0.1, 0.15) is 65.5 Å². The number of nitrogens with zero attached hydrogens (tertiary/aromatic N) is 6. The van der Waals surface area contributed by atoms with Gasteiger partial charge in [-0.15, -0.1) is 10.2 Å². The predicted molar refractivity (Wildman–Crippen MR) is 266 cm³/mol. The molecule has 9 rings (SSSR count). The molecule has 0 unspecified atom stereocenters. The molecular weight excluding hydrogens is 857 g/mol. The van der Waals surface area contributed by atoms with Crippen molar-refractivity contribution in [2.75, 3.05) is 36.8 Å². The lowest BCUT2D eigenvalue weighted by molar-refractivity contribution is 0.0526. The van der Waals surface area contributed by atoms with Crippen molar-refractivity contribution in [1.82, 2.24) is 50.5 Å². The van der Waals surface area contributed by atoms with Crippen molar-refractivity contribution >= 4 is 52.5 Å². The molecule has 1 saturated heterocycles. The van der Waals surface area contributed by atoms with E-state index in [1.165, 1.54) is 11.1 Å². The second-order valence-electron chi connectivity index (χ2n) is 17.6. The van der Waals surface area contributed by atoms with Crippen LogP contribution >= 0.6 is 0 Å². The number of pyridine rings is 2. The average Bonchev–Trinajstić information content (AvgIpc) is 3.95. The molecular formula is C52H56N12O4.